The Balaban J connectivity index is 2.08. The topological polar surface area (TPSA) is 154 Å². The number of rotatable bonds is 3. The van der Waals surface area contributed by atoms with Crippen LogP contribution in [0.25, 0.3) is 11.1 Å². The molecule has 0 aromatic heterocycles. The summed E-state index contributed by atoms with van der Waals surface area (Å²) in [4.78, 5) is 22.6. The molecule has 0 unspecified atom stereocenters. The van der Waals surface area contributed by atoms with Gasteiger partial charge in [0, 0.05) is 0 Å². The Labute approximate surface area is 143 Å². The van der Waals surface area contributed by atoms with Crippen LogP contribution in [0.15, 0.2) is 30.3 Å². The van der Waals surface area contributed by atoms with E-state index in [1.165, 1.54) is 7.11 Å². The summed E-state index contributed by atoms with van der Waals surface area (Å²) in [6.07, 6.45) is 0.614. The number of nitrogens with two attached hydrogens (primary N) is 4. The number of benzene rings is 2. The molecule has 0 aliphatic heterocycles. The van der Waals surface area contributed by atoms with E-state index >= 15 is 0 Å². The van der Waals surface area contributed by atoms with Crippen molar-refractivity contribution >= 4 is 23.4 Å². The Morgan fingerprint density at radius 1 is 0.960 bits per heavy atom. The van der Waals surface area contributed by atoms with E-state index in [1.807, 2.05) is 6.07 Å². The van der Waals surface area contributed by atoms with Crippen molar-refractivity contribution in [3.05, 3.63) is 41.5 Å². The molecule has 1 aliphatic rings. The highest BCUT2D eigenvalue weighted by atomic mass is 16.5. The summed E-state index contributed by atoms with van der Waals surface area (Å²) < 4.78 is 5.32. The molecule has 0 saturated heterocycles. The summed E-state index contributed by atoms with van der Waals surface area (Å²) in [6.45, 7) is 0. The molecule has 8 N–H and O–H groups in total. The minimum atomic E-state index is -0.799. The molecule has 4 amide bonds. The van der Waals surface area contributed by atoms with Crippen LogP contribution in [-0.2, 0) is 6.42 Å². The van der Waals surface area contributed by atoms with Crippen molar-refractivity contribution in [3.8, 4) is 16.9 Å². The Kier molecular flexibility index (Phi) is 3.95. The van der Waals surface area contributed by atoms with E-state index in [9.17, 15) is 9.59 Å². The third-order valence-electron chi connectivity index (χ3n) is 4.18. The number of urea groups is 2. The number of ether oxygens (including phenoxy) is 1. The first kappa shape index (κ1) is 16.6. The number of carbonyl (C=O) groups is 2. The van der Waals surface area contributed by atoms with E-state index in [-0.39, 0.29) is 0 Å². The first-order valence-electron chi connectivity index (χ1n) is 7.36. The largest absolute Gasteiger partial charge is 0.494 e. The molecule has 0 spiro atoms. The lowest BCUT2D eigenvalue weighted by Crippen LogP contribution is -2.41. The van der Waals surface area contributed by atoms with Gasteiger partial charge < -0.3 is 16.2 Å². The molecular formula is C16H18N6O3. The zero-order valence-electron chi connectivity index (χ0n) is 13.5. The molecule has 1 aliphatic carbocycles. The van der Waals surface area contributed by atoms with Gasteiger partial charge in [0.2, 0.25) is 0 Å². The molecule has 0 atom stereocenters. The number of nitrogens with zero attached hydrogens (tertiary/aromatic N) is 2. The molecule has 9 nitrogen and oxygen atoms in total. The summed E-state index contributed by atoms with van der Waals surface area (Å²) in [5, 5.41) is 1.71. The number of methoxy groups -OCH3 is 1. The summed E-state index contributed by atoms with van der Waals surface area (Å²) in [6, 6.07) is 7.32. The first-order valence-corrected chi connectivity index (χ1v) is 7.36. The average Bonchev–Trinajstić information content (AvgIpc) is 2.95. The van der Waals surface area contributed by atoms with Crippen LogP contribution in [0.4, 0.5) is 21.0 Å². The van der Waals surface area contributed by atoms with Gasteiger partial charge in [-0.15, -0.1) is 0 Å². The Hall–Kier alpha value is -3.30. The van der Waals surface area contributed by atoms with Crippen molar-refractivity contribution in [2.75, 3.05) is 17.1 Å². The van der Waals surface area contributed by atoms with Crippen LogP contribution in [0.5, 0.6) is 5.75 Å². The van der Waals surface area contributed by atoms with Crippen LogP contribution >= 0.6 is 0 Å². The highest BCUT2D eigenvalue weighted by Crippen LogP contribution is 2.43. The molecule has 2 aromatic carbocycles. The van der Waals surface area contributed by atoms with Gasteiger partial charge in [0.25, 0.3) is 0 Å². The summed E-state index contributed by atoms with van der Waals surface area (Å²) >= 11 is 0. The predicted molar refractivity (Wildman–Crippen MR) is 93.7 cm³/mol. The van der Waals surface area contributed by atoms with Gasteiger partial charge in [-0.3, -0.25) is 0 Å². The number of anilines is 2. The second kappa shape index (κ2) is 5.96. The number of hydrogen-bond acceptors (Lipinski definition) is 5. The lowest BCUT2D eigenvalue weighted by Gasteiger charge is -2.18. The second-order valence-corrected chi connectivity index (χ2v) is 5.62. The zero-order chi connectivity index (χ0) is 18.3. The minimum absolute atomic E-state index is 0.364. The van der Waals surface area contributed by atoms with Gasteiger partial charge in [0.05, 0.1) is 12.8 Å². The van der Waals surface area contributed by atoms with Gasteiger partial charge in [0.15, 0.2) is 0 Å². The highest BCUT2D eigenvalue weighted by Gasteiger charge is 2.24. The molecular weight excluding hydrogens is 324 g/mol. The van der Waals surface area contributed by atoms with Gasteiger partial charge in [-0.25, -0.2) is 31.3 Å². The Morgan fingerprint density at radius 3 is 2.20 bits per heavy atom. The molecule has 2 aromatic rings. The number of amides is 4. The van der Waals surface area contributed by atoms with Gasteiger partial charge >= 0.3 is 12.1 Å². The Bertz CT molecular complexity index is 882. The van der Waals surface area contributed by atoms with Crippen LogP contribution in [0, 0.1) is 0 Å². The average molecular weight is 342 g/mol. The summed E-state index contributed by atoms with van der Waals surface area (Å²) in [5.74, 6) is 11.8. The van der Waals surface area contributed by atoms with Crippen molar-refractivity contribution in [2.24, 2.45) is 23.2 Å². The third-order valence-corrected chi connectivity index (χ3v) is 4.18. The predicted octanol–water partition coefficient (Wildman–Crippen LogP) is 0.784. The van der Waals surface area contributed by atoms with Crippen molar-refractivity contribution in [2.45, 2.75) is 6.42 Å². The molecule has 9 heteroatoms. The lowest BCUT2D eigenvalue weighted by atomic mass is 10.0. The van der Waals surface area contributed by atoms with Gasteiger partial charge in [0.1, 0.15) is 11.4 Å². The number of hydrogen-bond donors (Lipinski definition) is 4. The van der Waals surface area contributed by atoms with Crippen LogP contribution in [-0.4, -0.2) is 19.2 Å². The number of primary amides is 2. The van der Waals surface area contributed by atoms with Gasteiger partial charge in [-0.1, -0.05) is 6.07 Å². The van der Waals surface area contributed by atoms with E-state index in [0.29, 0.717) is 23.5 Å². The fourth-order valence-corrected chi connectivity index (χ4v) is 2.95. The van der Waals surface area contributed by atoms with Crippen LogP contribution in [0.2, 0.25) is 0 Å². The van der Waals surface area contributed by atoms with Crippen LogP contribution in [0.3, 0.4) is 0 Å². The van der Waals surface area contributed by atoms with Crippen LogP contribution in [0.1, 0.15) is 11.1 Å². The Morgan fingerprint density at radius 2 is 1.60 bits per heavy atom. The normalized spacial score (nSPS) is 11.5. The summed E-state index contributed by atoms with van der Waals surface area (Å²) in [5.41, 5.74) is 15.1. The van der Waals surface area contributed by atoms with Crippen molar-refractivity contribution in [3.63, 3.8) is 0 Å². The SMILES string of the molecule is COc1cc2c(cc1N(N)C(N)=O)-c1ccc(N(N)C(N)=O)cc1C2. The molecule has 25 heavy (non-hydrogen) atoms. The molecule has 0 bridgehead atoms. The van der Waals surface area contributed by atoms with E-state index in [0.717, 1.165) is 32.3 Å². The van der Waals surface area contributed by atoms with Crippen molar-refractivity contribution < 1.29 is 14.3 Å². The summed E-state index contributed by atoms with van der Waals surface area (Å²) in [7, 11) is 1.49. The molecule has 0 heterocycles. The smallest absolute Gasteiger partial charge is 0.333 e. The highest BCUT2D eigenvalue weighted by molar-refractivity contribution is 5.94. The van der Waals surface area contributed by atoms with E-state index < -0.39 is 12.1 Å². The molecule has 130 valence electrons. The van der Waals surface area contributed by atoms with Crippen molar-refractivity contribution in [1.82, 2.24) is 0 Å². The number of carbonyl (C=O) groups excluding carboxylic acids is 2. The first-order chi connectivity index (χ1) is 11.8. The van der Waals surface area contributed by atoms with E-state index in [2.05, 4.69) is 0 Å². The zero-order valence-corrected chi connectivity index (χ0v) is 13.5. The fourth-order valence-electron chi connectivity index (χ4n) is 2.95. The second-order valence-electron chi connectivity index (χ2n) is 5.62. The number of hydrazine groups is 2. The maximum Gasteiger partial charge on any atom is 0.333 e. The maximum atomic E-state index is 11.4. The lowest BCUT2D eigenvalue weighted by molar-refractivity contribution is 0.253. The standard InChI is InChI=1S/C16H18N6O3/c1-25-14-6-9-4-8-5-10(21(19)15(17)23)2-3-11(8)12(9)7-13(14)22(20)16(18)24/h2-3,5-7H,4,19-20H2,1H3,(H2,17,23)(H2,18,24). The maximum absolute atomic E-state index is 11.4. The van der Waals surface area contributed by atoms with Gasteiger partial charge in [-0.2, -0.15) is 0 Å². The van der Waals surface area contributed by atoms with Crippen molar-refractivity contribution in [1.29, 1.82) is 0 Å². The third kappa shape index (κ3) is 2.71. The molecule has 0 fully saturated rings. The number of fused-ring (bicyclic) bond motifs is 3. The fraction of sp³-hybridized carbons (Fsp3) is 0.125. The minimum Gasteiger partial charge on any atom is -0.494 e. The van der Waals surface area contributed by atoms with E-state index in [1.54, 1.807) is 24.3 Å². The quantitative estimate of drug-likeness (QED) is 0.315. The molecule has 0 saturated carbocycles. The molecule has 0 radical (unpaired) electrons. The monoisotopic (exact) mass is 342 g/mol. The van der Waals surface area contributed by atoms with Gasteiger partial charge in [-0.05, 0) is 52.9 Å². The van der Waals surface area contributed by atoms with Crippen LogP contribution < -0.4 is 37.9 Å². The molecule has 3 rings (SSSR count). The van der Waals surface area contributed by atoms with E-state index in [4.69, 9.17) is 27.9 Å².